The number of aryl methyl sites for hydroxylation is 2. The van der Waals surface area contributed by atoms with E-state index in [1.54, 1.807) is 0 Å². The molecule has 0 bridgehead atoms. The lowest BCUT2D eigenvalue weighted by Gasteiger charge is -2.11. The lowest BCUT2D eigenvalue weighted by molar-refractivity contribution is 0.466. The van der Waals surface area contributed by atoms with Crippen molar-refractivity contribution in [2.45, 2.75) is 20.4 Å². The Kier molecular flexibility index (Phi) is 4.38. The molecule has 0 amide bonds. The van der Waals surface area contributed by atoms with Gasteiger partial charge in [-0.15, -0.1) is 0 Å². The second-order valence-electron chi connectivity index (χ2n) is 4.56. The average Bonchev–Trinajstić information content (AvgIpc) is 2.37. The summed E-state index contributed by atoms with van der Waals surface area (Å²) in [5.74, 6) is 0.368. The van der Waals surface area contributed by atoms with Crippen LogP contribution >= 0.6 is 27.5 Å². The van der Waals surface area contributed by atoms with Gasteiger partial charge in [0.2, 0.25) is 0 Å². The first-order valence-electron chi connectivity index (χ1n) is 5.95. The summed E-state index contributed by atoms with van der Waals surface area (Å²) >= 11 is 9.46. The zero-order valence-electron chi connectivity index (χ0n) is 10.8. The summed E-state index contributed by atoms with van der Waals surface area (Å²) in [6.07, 6.45) is 0. The number of halogens is 2. The Hall–Kier alpha value is -1.19. The monoisotopic (exact) mass is 339 g/mol. The van der Waals surface area contributed by atoms with Crippen LogP contribution in [-0.2, 0) is 6.54 Å². The second kappa shape index (κ2) is 5.85. The number of hydrogen-bond donors (Lipinski definition) is 2. The van der Waals surface area contributed by atoms with Gasteiger partial charge >= 0.3 is 0 Å². The topological polar surface area (TPSA) is 32.3 Å². The number of hydrogen-bond acceptors (Lipinski definition) is 2. The van der Waals surface area contributed by atoms with E-state index in [0.717, 1.165) is 26.9 Å². The Morgan fingerprint density at radius 2 is 1.79 bits per heavy atom. The lowest BCUT2D eigenvalue weighted by atomic mass is 10.1. The van der Waals surface area contributed by atoms with E-state index in [4.69, 9.17) is 11.6 Å². The molecule has 0 aliphatic carbocycles. The van der Waals surface area contributed by atoms with E-state index in [1.165, 1.54) is 0 Å². The average molecular weight is 341 g/mol. The highest BCUT2D eigenvalue weighted by atomic mass is 79.9. The van der Waals surface area contributed by atoms with Crippen LogP contribution in [0.2, 0.25) is 5.02 Å². The maximum Gasteiger partial charge on any atom is 0.121 e. The Morgan fingerprint density at radius 1 is 1.16 bits per heavy atom. The molecule has 0 saturated heterocycles. The Morgan fingerprint density at radius 3 is 2.42 bits per heavy atom. The molecule has 0 fully saturated rings. The molecule has 0 spiro atoms. The van der Waals surface area contributed by atoms with Crippen molar-refractivity contribution in [3.63, 3.8) is 0 Å². The highest BCUT2D eigenvalue weighted by Gasteiger charge is 2.05. The fourth-order valence-corrected chi connectivity index (χ4v) is 2.54. The van der Waals surface area contributed by atoms with E-state index in [1.807, 2.05) is 44.2 Å². The molecular formula is C15H15BrClNO. The van der Waals surface area contributed by atoms with Crippen LogP contribution in [0.15, 0.2) is 34.8 Å². The molecule has 2 aromatic carbocycles. The zero-order valence-corrected chi connectivity index (χ0v) is 13.1. The number of phenols is 1. The molecule has 0 heterocycles. The van der Waals surface area contributed by atoms with Crippen LogP contribution < -0.4 is 5.32 Å². The van der Waals surface area contributed by atoms with Gasteiger partial charge in [-0.1, -0.05) is 23.7 Å². The third kappa shape index (κ3) is 3.43. The van der Waals surface area contributed by atoms with Crippen molar-refractivity contribution in [3.05, 3.63) is 56.5 Å². The molecular weight excluding hydrogens is 326 g/mol. The van der Waals surface area contributed by atoms with E-state index in [-0.39, 0.29) is 0 Å². The van der Waals surface area contributed by atoms with Gasteiger partial charge in [0.05, 0.1) is 5.69 Å². The Labute approximate surface area is 126 Å². The molecule has 0 saturated carbocycles. The fraction of sp³-hybridized carbons (Fsp3) is 0.200. The number of phenolic OH excluding ortho intramolecular Hbond substituents is 1. The van der Waals surface area contributed by atoms with Gasteiger partial charge in [0.1, 0.15) is 5.75 Å². The largest absolute Gasteiger partial charge is 0.507 e. The number of benzene rings is 2. The van der Waals surface area contributed by atoms with Gasteiger partial charge in [0, 0.05) is 16.0 Å². The Balaban J connectivity index is 2.17. The van der Waals surface area contributed by atoms with Gasteiger partial charge in [-0.25, -0.2) is 0 Å². The van der Waals surface area contributed by atoms with Crippen LogP contribution in [0, 0.1) is 13.8 Å². The van der Waals surface area contributed by atoms with Crippen molar-refractivity contribution < 1.29 is 5.11 Å². The summed E-state index contributed by atoms with van der Waals surface area (Å²) in [5.41, 5.74) is 3.86. The molecule has 4 heteroatoms. The summed E-state index contributed by atoms with van der Waals surface area (Å²) in [7, 11) is 0. The molecule has 2 aromatic rings. The third-order valence-corrected chi connectivity index (χ3v) is 3.89. The smallest absolute Gasteiger partial charge is 0.121 e. The first kappa shape index (κ1) is 14.2. The van der Waals surface area contributed by atoms with Crippen molar-refractivity contribution in [2.24, 2.45) is 0 Å². The first-order chi connectivity index (χ1) is 8.97. The molecule has 0 aliphatic rings. The fourth-order valence-electron chi connectivity index (χ4n) is 1.98. The Bertz CT molecular complexity index is 590. The lowest BCUT2D eigenvalue weighted by Crippen LogP contribution is -2.01. The van der Waals surface area contributed by atoms with E-state index >= 15 is 0 Å². The summed E-state index contributed by atoms with van der Waals surface area (Å²) in [6, 6.07) is 9.59. The molecule has 0 unspecified atom stereocenters. The van der Waals surface area contributed by atoms with Crippen LogP contribution in [-0.4, -0.2) is 5.11 Å². The van der Waals surface area contributed by atoms with Crippen molar-refractivity contribution in [2.75, 3.05) is 5.32 Å². The van der Waals surface area contributed by atoms with Crippen LogP contribution in [0.5, 0.6) is 5.75 Å². The molecule has 19 heavy (non-hydrogen) atoms. The zero-order chi connectivity index (χ0) is 14.0. The van der Waals surface area contributed by atoms with Gasteiger partial charge in [0.15, 0.2) is 0 Å². The SMILES string of the molecule is Cc1cc(CNc2cc(Cl)ccc2Br)cc(C)c1O. The molecule has 2 nitrogen and oxygen atoms in total. The molecule has 0 aliphatic heterocycles. The van der Waals surface area contributed by atoms with Gasteiger partial charge in [-0.2, -0.15) is 0 Å². The predicted octanol–water partition coefficient (Wildman–Crippen LogP) is 5.04. The molecule has 100 valence electrons. The number of nitrogens with one attached hydrogen (secondary N) is 1. The van der Waals surface area contributed by atoms with Crippen molar-refractivity contribution in [1.82, 2.24) is 0 Å². The molecule has 0 aromatic heterocycles. The van der Waals surface area contributed by atoms with Gasteiger partial charge < -0.3 is 10.4 Å². The van der Waals surface area contributed by atoms with Crippen LogP contribution in [0.4, 0.5) is 5.69 Å². The molecule has 0 radical (unpaired) electrons. The quantitative estimate of drug-likeness (QED) is 0.820. The van der Waals surface area contributed by atoms with E-state index in [9.17, 15) is 5.11 Å². The van der Waals surface area contributed by atoms with Crippen molar-refractivity contribution in [3.8, 4) is 5.75 Å². The third-order valence-electron chi connectivity index (χ3n) is 2.96. The van der Waals surface area contributed by atoms with Crippen LogP contribution in [0.1, 0.15) is 16.7 Å². The molecule has 0 atom stereocenters. The second-order valence-corrected chi connectivity index (χ2v) is 5.85. The number of aromatic hydroxyl groups is 1. The summed E-state index contributed by atoms with van der Waals surface area (Å²) in [6.45, 7) is 4.49. The minimum Gasteiger partial charge on any atom is -0.507 e. The van der Waals surface area contributed by atoms with Crippen molar-refractivity contribution in [1.29, 1.82) is 0 Å². The standard InChI is InChI=1S/C15H15BrClNO/c1-9-5-11(6-10(2)15(9)19)8-18-14-7-12(17)3-4-13(14)16/h3-7,18-19H,8H2,1-2H3. The van der Waals surface area contributed by atoms with E-state index in [2.05, 4.69) is 21.2 Å². The van der Waals surface area contributed by atoms with E-state index < -0.39 is 0 Å². The highest BCUT2D eigenvalue weighted by molar-refractivity contribution is 9.10. The molecule has 2 rings (SSSR count). The van der Waals surface area contributed by atoms with Gasteiger partial charge in [-0.05, 0) is 64.7 Å². The van der Waals surface area contributed by atoms with Gasteiger partial charge in [-0.3, -0.25) is 0 Å². The minimum atomic E-state index is 0.368. The van der Waals surface area contributed by atoms with Crippen LogP contribution in [0.25, 0.3) is 0 Å². The predicted molar refractivity (Wildman–Crippen MR) is 84.1 cm³/mol. The normalized spacial score (nSPS) is 10.5. The van der Waals surface area contributed by atoms with E-state index in [0.29, 0.717) is 17.3 Å². The van der Waals surface area contributed by atoms with Gasteiger partial charge in [0.25, 0.3) is 0 Å². The summed E-state index contributed by atoms with van der Waals surface area (Å²) in [4.78, 5) is 0. The number of anilines is 1. The first-order valence-corrected chi connectivity index (χ1v) is 7.12. The maximum atomic E-state index is 9.75. The summed E-state index contributed by atoms with van der Waals surface area (Å²) < 4.78 is 0.976. The van der Waals surface area contributed by atoms with Crippen molar-refractivity contribution >= 4 is 33.2 Å². The minimum absolute atomic E-state index is 0.368. The van der Waals surface area contributed by atoms with Crippen LogP contribution in [0.3, 0.4) is 0 Å². The highest BCUT2D eigenvalue weighted by Crippen LogP contribution is 2.27. The molecule has 2 N–H and O–H groups in total. The summed E-state index contributed by atoms with van der Waals surface area (Å²) in [5, 5.41) is 13.8. The number of rotatable bonds is 3. The maximum absolute atomic E-state index is 9.75.